The molecule has 1 fully saturated rings. The molecule has 1 amide bonds. The van der Waals surface area contributed by atoms with Gasteiger partial charge in [-0.15, -0.1) is 0 Å². The summed E-state index contributed by atoms with van der Waals surface area (Å²) in [5, 5.41) is 1.64. The second-order valence-corrected chi connectivity index (χ2v) is 8.05. The molecular formula is C23H25ClN4O. The molecular weight excluding hydrogens is 384 g/mol. The number of likely N-dealkylation sites (tertiary alicyclic amines) is 1. The zero-order valence-electron chi connectivity index (χ0n) is 16.6. The van der Waals surface area contributed by atoms with Crippen LogP contribution in [0.4, 0.5) is 0 Å². The number of primary amides is 1. The number of amides is 1. The highest BCUT2D eigenvalue weighted by molar-refractivity contribution is 6.30. The number of aromatic nitrogens is 2. The molecule has 5 nitrogen and oxygen atoms in total. The van der Waals surface area contributed by atoms with E-state index in [1.54, 1.807) is 6.07 Å². The second kappa shape index (κ2) is 8.47. The van der Waals surface area contributed by atoms with E-state index in [-0.39, 0.29) is 5.92 Å². The summed E-state index contributed by atoms with van der Waals surface area (Å²) in [6, 6.07) is 13.7. The Balaban J connectivity index is 1.77. The fourth-order valence-corrected chi connectivity index (χ4v) is 4.04. The van der Waals surface area contributed by atoms with E-state index in [1.165, 1.54) is 12.0 Å². The molecule has 0 aliphatic carbocycles. The van der Waals surface area contributed by atoms with Crippen LogP contribution in [0.25, 0.3) is 10.9 Å². The van der Waals surface area contributed by atoms with Gasteiger partial charge in [0.1, 0.15) is 5.82 Å². The molecule has 4 rings (SSSR count). The average molecular weight is 409 g/mol. The van der Waals surface area contributed by atoms with Crippen molar-refractivity contribution in [1.29, 1.82) is 0 Å². The zero-order valence-corrected chi connectivity index (χ0v) is 17.3. The first-order valence-corrected chi connectivity index (χ1v) is 10.5. The Kier molecular flexibility index (Phi) is 5.79. The summed E-state index contributed by atoms with van der Waals surface area (Å²) in [5.74, 6) is 0.560. The number of para-hydroxylation sites is 1. The normalized spacial score (nSPS) is 15.2. The standard InChI is InChI=1S/C23H25ClN4O/c1-2-21-26-20(18-5-3-6-19(23(25)29)22(18)27-21)13-16(14-28-11-4-12-28)15-7-9-17(24)10-8-15/h3,5-10,16H,2,4,11-14H2,1H3,(H2,25,29)/t16-/m1/s1. The van der Waals surface area contributed by atoms with Crippen molar-refractivity contribution in [2.45, 2.75) is 32.1 Å². The van der Waals surface area contributed by atoms with Gasteiger partial charge in [-0.2, -0.15) is 0 Å². The molecule has 2 aromatic carbocycles. The summed E-state index contributed by atoms with van der Waals surface area (Å²) < 4.78 is 0. The number of halogens is 1. The number of carbonyl (C=O) groups is 1. The van der Waals surface area contributed by atoms with E-state index in [1.807, 2.05) is 31.2 Å². The summed E-state index contributed by atoms with van der Waals surface area (Å²) in [4.78, 5) is 23.9. The monoisotopic (exact) mass is 408 g/mol. The highest BCUT2D eigenvalue weighted by Gasteiger charge is 2.23. The van der Waals surface area contributed by atoms with Crippen LogP contribution in [0.15, 0.2) is 42.5 Å². The number of aryl methyl sites for hydroxylation is 1. The Labute approximate surface area is 175 Å². The number of hydrogen-bond donors (Lipinski definition) is 1. The lowest BCUT2D eigenvalue weighted by Gasteiger charge is -2.34. The number of rotatable bonds is 7. The fourth-order valence-electron chi connectivity index (χ4n) is 3.91. The van der Waals surface area contributed by atoms with Crippen LogP contribution in [-0.4, -0.2) is 40.4 Å². The van der Waals surface area contributed by atoms with Crippen molar-refractivity contribution in [3.63, 3.8) is 0 Å². The number of nitrogens with zero attached hydrogens (tertiary/aromatic N) is 3. The van der Waals surface area contributed by atoms with Crippen LogP contribution in [0.2, 0.25) is 5.02 Å². The van der Waals surface area contributed by atoms with E-state index < -0.39 is 5.91 Å². The van der Waals surface area contributed by atoms with E-state index in [9.17, 15) is 4.79 Å². The Bertz CT molecular complexity index is 1030. The van der Waals surface area contributed by atoms with Crippen molar-refractivity contribution in [2.24, 2.45) is 5.73 Å². The Morgan fingerprint density at radius 1 is 1.17 bits per heavy atom. The van der Waals surface area contributed by atoms with Gasteiger partial charge in [-0.1, -0.05) is 42.8 Å². The zero-order chi connectivity index (χ0) is 20.4. The first kappa shape index (κ1) is 19.8. The maximum Gasteiger partial charge on any atom is 0.250 e. The Morgan fingerprint density at radius 2 is 1.93 bits per heavy atom. The van der Waals surface area contributed by atoms with Gasteiger partial charge in [0, 0.05) is 29.3 Å². The predicted molar refractivity (Wildman–Crippen MR) is 116 cm³/mol. The molecule has 150 valence electrons. The lowest BCUT2D eigenvalue weighted by atomic mass is 9.91. The molecule has 1 aliphatic heterocycles. The molecule has 0 spiro atoms. The third kappa shape index (κ3) is 4.26. The van der Waals surface area contributed by atoms with Gasteiger partial charge in [0.25, 0.3) is 5.91 Å². The lowest BCUT2D eigenvalue weighted by Crippen LogP contribution is -2.40. The molecule has 0 bridgehead atoms. The predicted octanol–water partition coefficient (Wildman–Crippen LogP) is 3.98. The first-order valence-electron chi connectivity index (χ1n) is 10.1. The number of fused-ring (bicyclic) bond motifs is 1. The minimum absolute atomic E-state index is 0.285. The van der Waals surface area contributed by atoms with Gasteiger partial charge in [-0.05, 0) is 49.7 Å². The minimum Gasteiger partial charge on any atom is -0.366 e. The molecule has 2 N–H and O–H groups in total. The smallest absolute Gasteiger partial charge is 0.250 e. The van der Waals surface area contributed by atoms with Crippen molar-refractivity contribution in [3.8, 4) is 0 Å². The molecule has 1 atom stereocenters. The molecule has 0 unspecified atom stereocenters. The van der Waals surface area contributed by atoms with Gasteiger partial charge < -0.3 is 10.6 Å². The highest BCUT2D eigenvalue weighted by Crippen LogP contribution is 2.29. The van der Waals surface area contributed by atoms with Gasteiger partial charge in [-0.25, -0.2) is 9.97 Å². The summed E-state index contributed by atoms with van der Waals surface area (Å²) >= 11 is 6.11. The topological polar surface area (TPSA) is 72.1 Å². The summed E-state index contributed by atoms with van der Waals surface area (Å²) in [6.07, 6.45) is 2.73. The molecule has 6 heteroatoms. The van der Waals surface area contributed by atoms with Gasteiger partial charge in [-0.3, -0.25) is 4.79 Å². The van der Waals surface area contributed by atoms with Crippen LogP contribution in [0.5, 0.6) is 0 Å². The van der Waals surface area contributed by atoms with Gasteiger partial charge in [0.05, 0.1) is 16.8 Å². The van der Waals surface area contributed by atoms with Crippen LogP contribution < -0.4 is 5.73 Å². The van der Waals surface area contributed by atoms with Crippen molar-refractivity contribution in [3.05, 3.63) is 70.1 Å². The number of hydrogen-bond acceptors (Lipinski definition) is 4. The third-order valence-corrected chi connectivity index (χ3v) is 5.89. The summed E-state index contributed by atoms with van der Waals surface area (Å²) in [7, 11) is 0. The van der Waals surface area contributed by atoms with Crippen molar-refractivity contribution < 1.29 is 4.79 Å². The highest BCUT2D eigenvalue weighted by atomic mass is 35.5. The maximum absolute atomic E-state index is 11.9. The summed E-state index contributed by atoms with van der Waals surface area (Å²) in [5.41, 5.74) is 8.92. The first-order chi connectivity index (χ1) is 14.0. The Hall–Kier alpha value is -2.50. The number of nitrogens with two attached hydrogens (primary N) is 1. The van der Waals surface area contributed by atoms with Crippen molar-refractivity contribution in [2.75, 3.05) is 19.6 Å². The second-order valence-electron chi connectivity index (χ2n) is 7.61. The maximum atomic E-state index is 11.9. The molecule has 1 saturated heterocycles. The Morgan fingerprint density at radius 3 is 2.55 bits per heavy atom. The summed E-state index contributed by atoms with van der Waals surface area (Å²) in [6.45, 7) is 5.28. The van der Waals surface area contributed by atoms with Crippen molar-refractivity contribution in [1.82, 2.24) is 14.9 Å². The largest absolute Gasteiger partial charge is 0.366 e. The molecule has 0 radical (unpaired) electrons. The molecule has 29 heavy (non-hydrogen) atoms. The number of carbonyl (C=O) groups excluding carboxylic acids is 1. The minimum atomic E-state index is -0.461. The van der Waals surface area contributed by atoms with Crippen molar-refractivity contribution >= 4 is 28.4 Å². The van der Waals surface area contributed by atoms with Crippen LogP contribution in [0, 0.1) is 0 Å². The van der Waals surface area contributed by atoms with Crippen LogP contribution >= 0.6 is 11.6 Å². The SMILES string of the molecule is CCc1nc(C[C@H](CN2CCC2)c2ccc(Cl)cc2)c2cccc(C(N)=O)c2n1. The molecule has 1 aliphatic rings. The van der Waals surface area contributed by atoms with E-state index >= 15 is 0 Å². The average Bonchev–Trinajstić information content (AvgIpc) is 2.69. The van der Waals surface area contributed by atoms with E-state index in [0.29, 0.717) is 17.5 Å². The van der Waals surface area contributed by atoms with E-state index in [4.69, 9.17) is 22.3 Å². The third-order valence-electron chi connectivity index (χ3n) is 5.64. The molecule has 3 aromatic rings. The van der Waals surface area contributed by atoms with E-state index in [2.05, 4.69) is 22.0 Å². The van der Waals surface area contributed by atoms with Gasteiger partial charge >= 0.3 is 0 Å². The molecule has 2 heterocycles. The van der Waals surface area contributed by atoms with Crippen LogP contribution in [0.1, 0.15) is 46.7 Å². The van der Waals surface area contributed by atoms with Crippen LogP contribution in [0.3, 0.4) is 0 Å². The fraction of sp³-hybridized carbons (Fsp3) is 0.348. The molecule has 1 aromatic heterocycles. The quantitative estimate of drug-likeness (QED) is 0.641. The van der Waals surface area contributed by atoms with Gasteiger partial charge in [0.2, 0.25) is 0 Å². The van der Waals surface area contributed by atoms with Gasteiger partial charge in [0.15, 0.2) is 0 Å². The lowest BCUT2D eigenvalue weighted by molar-refractivity contribution is 0.100. The van der Waals surface area contributed by atoms with Crippen LogP contribution in [-0.2, 0) is 12.8 Å². The molecule has 0 saturated carbocycles. The van der Waals surface area contributed by atoms with E-state index in [0.717, 1.165) is 48.0 Å². The number of benzene rings is 2.